The van der Waals surface area contributed by atoms with Crippen LogP contribution in [-0.2, 0) is 13.0 Å². The molecule has 0 fully saturated rings. The number of nitrogens with zero attached hydrogens (tertiary/aromatic N) is 2. The molecular weight excluding hydrogens is 208 g/mol. The van der Waals surface area contributed by atoms with E-state index in [0.29, 0.717) is 0 Å². The number of unbranched alkanes of at least 4 members (excludes halogenated alkanes) is 4. The van der Waals surface area contributed by atoms with Gasteiger partial charge in [0, 0.05) is 12.7 Å². The smallest absolute Gasteiger partial charge is 0.0817 e. The third-order valence-corrected chi connectivity index (χ3v) is 2.94. The molecule has 0 aliphatic carbocycles. The number of hydrogen-bond acceptors (Lipinski definition) is 1. The van der Waals surface area contributed by atoms with Gasteiger partial charge in [-0.15, -0.1) is 0 Å². The Morgan fingerprint density at radius 2 is 1.93 bits per heavy atom. The lowest BCUT2D eigenvalue weighted by molar-refractivity contribution is 0.610. The highest BCUT2D eigenvalue weighted by atomic mass is 35.5. The van der Waals surface area contributed by atoms with Gasteiger partial charge in [0.15, 0.2) is 0 Å². The van der Waals surface area contributed by atoms with Gasteiger partial charge in [-0.1, -0.05) is 44.2 Å². The summed E-state index contributed by atoms with van der Waals surface area (Å²) in [5.41, 5.74) is 1.06. The molecule has 2 nitrogen and oxygen atoms in total. The maximum atomic E-state index is 6.08. The van der Waals surface area contributed by atoms with Crippen LogP contribution in [0.3, 0.4) is 0 Å². The molecule has 1 aromatic heterocycles. The van der Waals surface area contributed by atoms with Crippen molar-refractivity contribution in [3.8, 4) is 0 Å². The van der Waals surface area contributed by atoms with Crippen LogP contribution < -0.4 is 0 Å². The second-order valence-corrected chi connectivity index (χ2v) is 4.35. The summed E-state index contributed by atoms with van der Waals surface area (Å²) in [5.74, 6) is 0. The molecule has 1 aromatic rings. The first-order chi connectivity index (χ1) is 7.27. The second-order valence-electron chi connectivity index (χ2n) is 3.94. The fourth-order valence-corrected chi connectivity index (χ4v) is 1.91. The summed E-state index contributed by atoms with van der Waals surface area (Å²) in [5, 5.41) is 5.26. The van der Waals surface area contributed by atoms with Gasteiger partial charge in [-0.3, -0.25) is 4.68 Å². The highest BCUT2D eigenvalue weighted by Crippen LogP contribution is 2.17. The van der Waals surface area contributed by atoms with Crippen LogP contribution in [0, 0.1) is 0 Å². The van der Waals surface area contributed by atoms with Crippen LogP contribution in [0.2, 0.25) is 5.02 Å². The number of hydrogen-bond donors (Lipinski definition) is 0. The normalized spacial score (nSPS) is 10.9. The topological polar surface area (TPSA) is 17.8 Å². The van der Waals surface area contributed by atoms with E-state index in [0.717, 1.165) is 23.7 Å². The van der Waals surface area contributed by atoms with Gasteiger partial charge < -0.3 is 0 Å². The van der Waals surface area contributed by atoms with Crippen LogP contribution >= 0.6 is 11.6 Å². The number of halogens is 1. The number of rotatable bonds is 7. The van der Waals surface area contributed by atoms with Gasteiger partial charge in [-0.05, 0) is 19.8 Å². The maximum Gasteiger partial charge on any atom is 0.0817 e. The molecule has 0 bridgehead atoms. The van der Waals surface area contributed by atoms with Crippen LogP contribution in [0.1, 0.15) is 51.6 Å². The van der Waals surface area contributed by atoms with Crippen molar-refractivity contribution >= 4 is 11.6 Å². The average Bonchev–Trinajstić information content (AvgIpc) is 2.59. The summed E-state index contributed by atoms with van der Waals surface area (Å²) in [7, 11) is 0. The summed E-state index contributed by atoms with van der Waals surface area (Å²) in [6, 6.07) is 0. The lowest BCUT2D eigenvalue weighted by atomic mass is 10.1. The standard InChI is InChI=1S/C12H21ClN2/c1-3-5-6-7-8-9-12-11(13)10-15(4-2)14-12/h10H,3-9H2,1-2H3. The molecule has 3 heteroatoms. The Morgan fingerprint density at radius 1 is 1.20 bits per heavy atom. The molecule has 1 rings (SSSR count). The molecule has 0 saturated carbocycles. The van der Waals surface area contributed by atoms with E-state index in [1.54, 1.807) is 0 Å². The molecule has 0 radical (unpaired) electrons. The minimum atomic E-state index is 0.826. The van der Waals surface area contributed by atoms with Crippen molar-refractivity contribution in [1.29, 1.82) is 0 Å². The Balaban J connectivity index is 2.27. The average molecular weight is 229 g/mol. The van der Waals surface area contributed by atoms with Gasteiger partial charge in [0.2, 0.25) is 0 Å². The van der Waals surface area contributed by atoms with Crippen LogP contribution in [0.25, 0.3) is 0 Å². The first-order valence-electron chi connectivity index (χ1n) is 5.99. The van der Waals surface area contributed by atoms with Crippen LogP contribution in [0.4, 0.5) is 0 Å². The van der Waals surface area contributed by atoms with Crippen LogP contribution in [0.5, 0.6) is 0 Å². The monoisotopic (exact) mass is 228 g/mol. The molecule has 0 amide bonds. The van der Waals surface area contributed by atoms with Gasteiger partial charge >= 0.3 is 0 Å². The summed E-state index contributed by atoms with van der Waals surface area (Å²) in [6.45, 7) is 5.21. The van der Waals surface area contributed by atoms with Crippen molar-refractivity contribution in [3.05, 3.63) is 16.9 Å². The number of aryl methyl sites for hydroxylation is 2. The van der Waals surface area contributed by atoms with Crippen LogP contribution in [-0.4, -0.2) is 9.78 Å². The lowest BCUT2D eigenvalue weighted by Gasteiger charge is -1.98. The van der Waals surface area contributed by atoms with Gasteiger partial charge in [-0.25, -0.2) is 0 Å². The minimum Gasteiger partial charge on any atom is -0.271 e. The highest BCUT2D eigenvalue weighted by molar-refractivity contribution is 6.31. The SMILES string of the molecule is CCCCCCCc1nn(CC)cc1Cl. The highest BCUT2D eigenvalue weighted by Gasteiger charge is 2.05. The Bertz CT molecular complexity index is 281. The molecule has 0 atom stereocenters. The second kappa shape index (κ2) is 6.89. The first kappa shape index (κ1) is 12.6. The molecule has 0 aromatic carbocycles. The lowest BCUT2D eigenvalue weighted by Crippen LogP contribution is -1.96. The first-order valence-corrected chi connectivity index (χ1v) is 6.37. The van der Waals surface area contributed by atoms with E-state index < -0.39 is 0 Å². The molecule has 0 saturated heterocycles. The summed E-state index contributed by atoms with van der Waals surface area (Å²) < 4.78 is 1.91. The van der Waals surface area contributed by atoms with E-state index in [2.05, 4.69) is 18.9 Å². The quantitative estimate of drug-likeness (QED) is 0.644. The van der Waals surface area contributed by atoms with Gasteiger partial charge in [0.1, 0.15) is 0 Å². The van der Waals surface area contributed by atoms with Crippen molar-refractivity contribution in [2.45, 2.75) is 58.9 Å². The molecule has 0 spiro atoms. The van der Waals surface area contributed by atoms with Crippen molar-refractivity contribution < 1.29 is 0 Å². The maximum absolute atomic E-state index is 6.08. The molecular formula is C12H21ClN2. The summed E-state index contributed by atoms with van der Waals surface area (Å²) in [4.78, 5) is 0. The van der Waals surface area contributed by atoms with Gasteiger partial charge in [0.25, 0.3) is 0 Å². The predicted octanol–water partition coefficient (Wildman–Crippen LogP) is 4.07. The minimum absolute atomic E-state index is 0.826. The van der Waals surface area contributed by atoms with E-state index in [4.69, 9.17) is 11.6 Å². The Hall–Kier alpha value is -0.500. The van der Waals surface area contributed by atoms with Crippen molar-refractivity contribution in [1.82, 2.24) is 9.78 Å². The zero-order chi connectivity index (χ0) is 11.1. The molecule has 1 heterocycles. The summed E-state index contributed by atoms with van der Waals surface area (Å²) >= 11 is 6.08. The molecule has 0 aliphatic rings. The van der Waals surface area contributed by atoms with E-state index in [-0.39, 0.29) is 0 Å². The molecule has 0 N–H and O–H groups in total. The zero-order valence-electron chi connectivity index (χ0n) is 9.80. The summed E-state index contributed by atoms with van der Waals surface area (Å²) in [6.07, 6.45) is 9.42. The molecule has 15 heavy (non-hydrogen) atoms. The molecule has 0 aliphatic heterocycles. The Morgan fingerprint density at radius 3 is 2.53 bits per heavy atom. The Labute approximate surface area is 97.6 Å². The van der Waals surface area contributed by atoms with Crippen molar-refractivity contribution in [2.75, 3.05) is 0 Å². The van der Waals surface area contributed by atoms with Crippen molar-refractivity contribution in [2.24, 2.45) is 0 Å². The number of aromatic nitrogens is 2. The fraction of sp³-hybridized carbons (Fsp3) is 0.750. The van der Waals surface area contributed by atoms with E-state index in [1.165, 1.54) is 32.1 Å². The van der Waals surface area contributed by atoms with Crippen LogP contribution in [0.15, 0.2) is 6.20 Å². The largest absolute Gasteiger partial charge is 0.271 e. The molecule has 86 valence electrons. The fourth-order valence-electron chi connectivity index (χ4n) is 1.66. The molecule has 0 unspecified atom stereocenters. The van der Waals surface area contributed by atoms with E-state index in [9.17, 15) is 0 Å². The van der Waals surface area contributed by atoms with Crippen molar-refractivity contribution in [3.63, 3.8) is 0 Å². The third-order valence-electron chi connectivity index (χ3n) is 2.63. The van der Waals surface area contributed by atoms with Gasteiger partial charge in [0.05, 0.1) is 10.7 Å². The zero-order valence-corrected chi connectivity index (χ0v) is 10.6. The third kappa shape index (κ3) is 4.25. The predicted molar refractivity (Wildman–Crippen MR) is 65.4 cm³/mol. The van der Waals surface area contributed by atoms with E-state index in [1.807, 2.05) is 10.9 Å². The Kier molecular flexibility index (Phi) is 5.77. The van der Waals surface area contributed by atoms with Gasteiger partial charge in [-0.2, -0.15) is 5.10 Å². The van der Waals surface area contributed by atoms with E-state index >= 15 is 0 Å².